The molecule has 3 nitrogen and oxygen atoms in total. The van der Waals surface area contributed by atoms with Crippen molar-refractivity contribution in [3.8, 4) is 22.6 Å². The van der Waals surface area contributed by atoms with Gasteiger partial charge in [0.25, 0.3) is 0 Å². The minimum absolute atomic E-state index is 0.0605. The van der Waals surface area contributed by atoms with Crippen molar-refractivity contribution in [3.63, 3.8) is 0 Å². The third kappa shape index (κ3) is 4.67. The number of nitrogens with two attached hydrogens (primary N) is 1. The fraction of sp³-hybridized carbons (Fsp3) is 0.200. The maximum absolute atomic E-state index is 12.6. The molecule has 2 N–H and O–H groups in total. The average Bonchev–Trinajstić information content (AvgIpc) is 2.47. The summed E-state index contributed by atoms with van der Waals surface area (Å²) >= 11 is 12.0. The fourth-order valence-electron chi connectivity index (χ4n) is 1.89. The first-order valence-electron chi connectivity index (χ1n) is 6.49. The Hall–Kier alpha value is -1.63. The summed E-state index contributed by atoms with van der Waals surface area (Å²) in [6.45, 7) is 0.221. The molecule has 0 radical (unpaired) electrons. The number of benzene rings is 2. The molecular formula is C15H12Cl2F3NO2. The van der Waals surface area contributed by atoms with Gasteiger partial charge in [-0.15, -0.1) is 13.2 Å². The molecule has 0 heterocycles. The van der Waals surface area contributed by atoms with Crippen LogP contribution in [0.5, 0.6) is 11.5 Å². The predicted octanol–water partition coefficient (Wildman–Crippen LogP) is 4.90. The van der Waals surface area contributed by atoms with Crippen molar-refractivity contribution < 1.29 is 22.6 Å². The molecule has 0 fully saturated rings. The van der Waals surface area contributed by atoms with E-state index in [4.69, 9.17) is 33.7 Å². The molecule has 0 saturated carbocycles. The van der Waals surface area contributed by atoms with Gasteiger partial charge in [0.05, 0.1) is 10.0 Å². The van der Waals surface area contributed by atoms with E-state index in [1.807, 2.05) is 0 Å². The molecule has 2 aromatic rings. The van der Waals surface area contributed by atoms with Gasteiger partial charge in [-0.2, -0.15) is 0 Å². The van der Waals surface area contributed by atoms with Crippen molar-refractivity contribution in [2.24, 2.45) is 5.73 Å². The molecule has 0 saturated heterocycles. The monoisotopic (exact) mass is 365 g/mol. The average molecular weight is 366 g/mol. The van der Waals surface area contributed by atoms with Gasteiger partial charge in [0, 0.05) is 12.1 Å². The van der Waals surface area contributed by atoms with Gasteiger partial charge in [-0.05, 0) is 23.8 Å². The van der Waals surface area contributed by atoms with E-state index in [0.29, 0.717) is 16.1 Å². The van der Waals surface area contributed by atoms with E-state index in [1.165, 1.54) is 12.1 Å². The molecule has 8 heteroatoms. The lowest BCUT2D eigenvalue weighted by Crippen LogP contribution is -2.18. The van der Waals surface area contributed by atoms with Gasteiger partial charge >= 0.3 is 6.36 Å². The van der Waals surface area contributed by atoms with Crippen LogP contribution in [0, 0.1) is 0 Å². The summed E-state index contributed by atoms with van der Waals surface area (Å²) in [7, 11) is 0. The van der Waals surface area contributed by atoms with Crippen LogP contribution in [0.3, 0.4) is 0 Å². The second-order valence-electron chi connectivity index (χ2n) is 4.45. The van der Waals surface area contributed by atoms with Gasteiger partial charge in [-0.3, -0.25) is 0 Å². The summed E-state index contributed by atoms with van der Waals surface area (Å²) in [4.78, 5) is 0. The quantitative estimate of drug-likeness (QED) is 0.819. The van der Waals surface area contributed by atoms with Crippen LogP contribution in [0.25, 0.3) is 11.1 Å². The van der Waals surface area contributed by atoms with Crippen LogP contribution >= 0.6 is 23.2 Å². The number of alkyl halides is 3. The van der Waals surface area contributed by atoms with Crippen molar-refractivity contribution >= 4 is 23.2 Å². The standard InChI is InChI=1S/C15H12Cl2F3NO2/c16-11-3-1-2-10(14(11)17)9-4-5-12(22-7-6-21)13(8-9)23-15(18,19)20/h1-5,8H,6-7,21H2. The van der Waals surface area contributed by atoms with Gasteiger partial charge < -0.3 is 15.2 Å². The molecule has 0 aromatic heterocycles. The smallest absolute Gasteiger partial charge is 0.488 e. The Morgan fingerprint density at radius 3 is 2.43 bits per heavy atom. The number of hydrogen-bond donors (Lipinski definition) is 1. The van der Waals surface area contributed by atoms with Crippen LogP contribution in [0.1, 0.15) is 0 Å². The zero-order chi connectivity index (χ0) is 17.0. The van der Waals surface area contributed by atoms with Crippen molar-refractivity contribution in [3.05, 3.63) is 46.4 Å². The minimum atomic E-state index is -4.85. The van der Waals surface area contributed by atoms with Crippen molar-refractivity contribution in [1.29, 1.82) is 0 Å². The zero-order valence-electron chi connectivity index (χ0n) is 11.7. The molecule has 0 aliphatic carbocycles. The van der Waals surface area contributed by atoms with Crippen LogP contribution in [0.2, 0.25) is 10.0 Å². The zero-order valence-corrected chi connectivity index (χ0v) is 13.2. The first kappa shape index (κ1) is 17.7. The highest BCUT2D eigenvalue weighted by atomic mass is 35.5. The highest BCUT2D eigenvalue weighted by molar-refractivity contribution is 6.43. The highest BCUT2D eigenvalue weighted by Crippen LogP contribution is 2.39. The molecule has 0 spiro atoms. The first-order chi connectivity index (χ1) is 10.8. The SMILES string of the molecule is NCCOc1ccc(-c2cccc(Cl)c2Cl)cc1OC(F)(F)F. The Morgan fingerprint density at radius 2 is 1.78 bits per heavy atom. The van der Waals surface area contributed by atoms with Crippen LogP contribution in [-0.4, -0.2) is 19.5 Å². The molecule has 2 rings (SSSR count). The van der Waals surface area contributed by atoms with Crippen molar-refractivity contribution in [1.82, 2.24) is 0 Å². The van der Waals surface area contributed by atoms with Crippen LogP contribution in [-0.2, 0) is 0 Å². The molecule has 2 aromatic carbocycles. The summed E-state index contributed by atoms with van der Waals surface area (Å²) < 4.78 is 46.9. The lowest BCUT2D eigenvalue weighted by molar-refractivity contribution is -0.275. The summed E-state index contributed by atoms with van der Waals surface area (Å²) in [5.41, 5.74) is 6.19. The second kappa shape index (κ2) is 7.29. The molecule has 0 bridgehead atoms. The predicted molar refractivity (Wildman–Crippen MR) is 83.1 cm³/mol. The molecule has 124 valence electrons. The van der Waals surface area contributed by atoms with E-state index in [-0.39, 0.29) is 23.9 Å². The van der Waals surface area contributed by atoms with Crippen LogP contribution in [0.4, 0.5) is 13.2 Å². The van der Waals surface area contributed by atoms with Crippen molar-refractivity contribution in [2.75, 3.05) is 13.2 Å². The van der Waals surface area contributed by atoms with Gasteiger partial charge in [0.15, 0.2) is 11.5 Å². The van der Waals surface area contributed by atoms with E-state index in [2.05, 4.69) is 4.74 Å². The van der Waals surface area contributed by atoms with E-state index in [0.717, 1.165) is 0 Å². The lowest BCUT2D eigenvalue weighted by atomic mass is 10.1. The van der Waals surface area contributed by atoms with Crippen LogP contribution in [0.15, 0.2) is 36.4 Å². The minimum Gasteiger partial charge on any atom is -0.488 e. The molecule has 23 heavy (non-hydrogen) atoms. The third-order valence-electron chi connectivity index (χ3n) is 2.81. The topological polar surface area (TPSA) is 44.5 Å². The Morgan fingerprint density at radius 1 is 1.04 bits per heavy atom. The van der Waals surface area contributed by atoms with Crippen molar-refractivity contribution in [2.45, 2.75) is 6.36 Å². The maximum Gasteiger partial charge on any atom is 0.573 e. The van der Waals surface area contributed by atoms with Gasteiger partial charge in [-0.25, -0.2) is 0 Å². The molecular weight excluding hydrogens is 354 g/mol. The van der Waals surface area contributed by atoms with Gasteiger partial charge in [0.2, 0.25) is 0 Å². The van der Waals surface area contributed by atoms with E-state index in [9.17, 15) is 13.2 Å². The normalized spacial score (nSPS) is 11.4. The number of hydrogen-bond acceptors (Lipinski definition) is 3. The summed E-state index contributed by atoms with van der Waals surface area (Å²) in [6.07, 6.45) is -4.85. The number of rotatable bonds is 5. The lowest BCUT2D eigenvalue weighted by Gasteiger charge is -2.15. The Kier molecular flexibility index (Phi) is 5.62. The highest BCUT2D eigenvalue weighted by Gasteiger charge is 2.32. The second-order valence-corrected chi connectivity index (χ2v) is 5.23. The first-order valence-corrected chi connectivity index (χ1v) is 7.24. The van der Waals surface area contributed by atoms with Crippen LogP contribution < -0.4 is 15.2 Å². The fourth-order valence-corrected chi connectivity index (χ4v) is 2.30. The van der Waals surface area contributed by atoms with Gasteiger partial charge in [0.1, 0.15) is 6.61 Å². The summed E-state index contributed by atoms with van der Waals surface area (Å²) in [5, 5.41) is 0.536. The Bertz CT molecular complexity index is 693. The van der Waals surface area contributed by atoms with E-state index < -0.39 is 12.1 Å². The largest absolute Gasteiger partial charge is 0.573 e. The van der Waals surface area contributed by atoms with E-state index in [1.54, 1.807) is 24.3 Å². The molecule has 0 aliphatic heterocycles. The molecule has 0 amide bonds. The Labute approximate surface area is 140 Å². The summed E-state index contributed by atoms with van der Waals surface area (Å²) in [5.74, 6) is -0.533. The molecule has 0 aliphatic rings. The number of halogens is 5. The number of ether oxygens (including phenoxy) is 2. The molecule has 0 atom stereocenters. The maximum atomic E-state index is 12.6. The third-order valence-corrected chi connectivity index (χ3v) is 3.63. The van der Waals surface area contributed by atoms with Gasteiger partial charge in [-0.1, -0.05) is 41.4 Å². The van der Waals surface area contributed by atoms with E-state index >= 15 is 0 Å². The summed E-state index contributed by atoms with van der Waals surface area (Å²) in [6, 6.07) is 8.99. The molecule has 0 unspecified atom stereocenters. The Balaban J connectivity index is 2.46.